The number of likely N-dealkylation sites (tertiary alicyclic amines) is 1. The largest absolute Gasteiger partial charge is 0.465 e. The summed E-state index contributed by atoms with van der Waals surface area (Å²) in [6, 6.07) is -0.479. The number of amides is 1. The lowest BCUT2D eigenvalue weighted by Gasteiger charge is -2.39. The number of halogens is 3. The van der Waals surface area contributed by atoms with E-state index >= 15 is 0 Å². The lowest BCUT2D eigenvalue weighted by Crippen LogP contribution is -2.53. The van der Waals surface area contributed by atoms with Gasteiger partial charge in [-0.3, -0.25) is 0 Å². The van der Waals surface area contributed by atoms with Gasteiger partial charge in [0.15, 0.2) is 0 Å². The molecule has 3 heterocycles. The van der Waals surface area contributed by atoms with E-state index in [1.54, 1.807) is 4.31 Å². The van der Waals surface area contributed by atoms with Gasteiger partial charge in [-0.2, -0.15) is 17.5 Å². The van der Waals surface area contributed by atoms with Crippen LogP contribution in [0.15, 0.2) is 0 Å². The summed E-state index contributed by atoms with van der Waals surface area (Å²) in [5, 5.41) is 11.4. The van der Waals surface area contributed by atoms with Crippen LogP contribution in [0.3, 0.4) is 0 Å². The summed E-state index contributed by atoms with van der Waals surface area (Å²) in [5.74, 6) is 0.0982. The van der Waals surface area contributed by atoms with E-state index in [0.717, 1.165) is 12.8 Å². The van der Waals surface area contributed by atoms with Gasteiger partial charge in [0.1, 0.15) is 0 Å². The number of hydrogen-bond acceptors (Lipinski definition) is 4. The second kappa shape index (κ2) is 8.97. The summed E-state index contributed by atoms with van der Waals surface area (Å²) >= 11 is 0. The topological polar surface area (TPSA) is 90.0 Å². The molecule has 0 radical (unpaired) electrons. The van der Waals surface area contributed by atoms with Crippen LogP contribution in [0, 0.1) is 5.92 Å². The van der Waals surface area contributed by atoms with Crippen molar-refractivity contribution in [3.05, 3.63) is 0 Å². The van der Waals surface area contributed by atoms with Gasteiger partial charge in [0, 0.05) is 24.5 Å². The predicted octanol–water partition coefficient (Wildman–Crippen LogP) is 2.63. The first kappa shape index (κ1) is 22.6. The third-order valence-electron chi connectivity index (χ3n) is 6.40. The molecule has 7 nitrogen and oxygen atoms in total. The number of piperidine rings is 2. The van der Waals surface area contributed by atoms with Crippen LogP contribution in [0.4, 0.5) is 18.0 Å². The monoisotopic (exact) mass is 441 g/mol. The molecule has 0 spiro atoms. The second-order valence-corrected chi connectivity index (χ2v) is 10.5. The van der Waals surface area contributed by atoms with E-state index in [-0.39, 0.29) is 36.2 Å². The Balaban J connectivity index is 1.47. The van der Waals surface area contributed by atoms with Gasteiger partial charge in [-0.25, -0.2) is 13.2 Å². The zero-order valence-corrected chi connectivity index (χ0v) is 17.2. The van der Waals surface area contributed by atoms with Crippen molar-refractivity contribution in [3.63, 3.8) is 0 Å². The van der Waals surface area contributed by atoms with Gasteiger partial charge in [-0.15, -0.1) is 0 Å². The maximum absolute atomic E-state index is 13.1. The quantitative estimate of drug-likeness (QED) is 0.634. The summed E-state index contributed by atoms with van der Waals surface area (Å²) in [6.07, 6.45) is -1.99. The minimum absolute atomic E-state index is 0.0214. The summed E-state index contributed by atoms with van der Waals surface area (Å²) in [6.45, 7) is 1.66. The van der Waals surface area contributed by atoms with E-state index in [0.29, 0.717) is 45.3 Å². The molecule has 1 amide bonds. The van der Waals surface area contributed by atoms with E-state index in [1.165, 1.54) is 0 Å². The van der Waals surface area contributed by atoms with E-state index in [1.807, 2.05) is 4.90 Å². The molecular formula is C18H30F3N3O4S. The van der Waals surface area contributed by atoms with E-state index in [9.17, 15) is 26.4 Å². The summed E-state index contributed by atoms with van der Waals surface area (Å²) in [7, 11) is -3.43. The molecule has 0 unspecified atom stereocenters. The maximum Gasteiger partial charge on any atom is 0.404 e. The Bertz CT molecular complexity index is 666. The van der Waals surface area contributed by atoms with Gasteiger partial charge < -0.3 is 15.3 Å². The average Bonchev–Trinajstić information content (AvgIpc) is 2.87. The third-order valence-corrected chi connectivity index (χ3v) is 8.53. The Morgan fingerprint density at radius 1 is 1.07 bits per heavy atom. The number of rotatable bonds is 7. The van der Waals surface area contributed by atoms with Crippen LogP contribution in [-0.4, -0.2) is 78.5 Å². The van der Waals surface area contributed by atoms with Crippen molar-refractivity contribution < 1.29 is 31.5 Å². The van der Waals surface area contributed by atoms with Crippen molar-refractivity contribution in [3.8, 4) is 0 Å². The molecule has 0 aromatic rings. The zero-order valence-electron chi connectivity index (χ0n) is 16.4. The molecule has 0 aliphatic carbocycles. The number of nitrogens with zero attached hydrogens (tertiary/aromatic N) is 2. The maximum atomic E-state index is 13.1. The van der Waals surface area contributed by atoms with E-state index < -0.39 is 28.7 Å². The fourth-order valence-electron chi connectivity index (χ4n) is 5.14. The van der Waals surface area contributed by atoms with Crippen molar-refractivity contribution in [1.29, 1.82) is 0 Å². The van der Waals surface area contributed by atoms with Crippen molar-refractivity contribution in [2.24, 2.45) is 5.92 Å². The number of carbonyl (C=O) groups is 1. The molecule has 3 fully saturated rings. The molecule has 29 heavy (non-hydrogen) atoms. The lowest BCUT2D eigenvalue weighted by atomic mass is 9.99. The highest BCUT2D eigenvalue weighted by Gasteiger charge is 2.47. The molecule has 168 valence electrons. The SMILES string of the molecule is O=C(O)N[C@@H]1C[C@H]2CC[C@@H](C1)N2S(=O)(=O)CC1CCN(CCCC(F)(F)F)CC1. The van der Waals surface area contributed by atoms with Crippen molar-refractivity contribution in [2.45, 2.75) is 75.7 Å². The Labute approximate surface area is 169 Å². The number of nitrogens with one attached hydrogen (secondary N) is 1. The Kier molecular flexibility index (Phi) is 6.99. The van der Waals surface area contributed by atoms with Crippen LogP contribution in [0.5, 0.6) is 0 Å². The van der Waals surface area contributed by atoms with Crippen molar-refractivity contribution in [2.75, 3.05) is 25.4 Å². The molecule has 3 rings (SSSR count). The molecule has 0 aromatic carbocycles. The van der Waals surface area contributed by atoms with Crippen molar-refractivity contribution in [1.82, 2.24) is 14.5 Å². The normalized spacial score (nSPS) is 29.8. The zero-order chi connectivity index (χ0) is 21.2. The fourth-order valence-corrected chi connectivity index (χ4v) is 7.54. The minimum atomic E-state index is -4.13. The lowest BCUT2D eigenvalue weighted by molar-refractivity contribution is -0.136. The first-order valence-corrected chi connectivity index (χ1v) is 11.9. The van der Waals surface area contributed by atoms with Crippen LogP contribution in [0.25, 0.3) is 0 Å². The predicted molar refractivity (Wildman–Crippen MR) is 101 cm³/mol. The third kappa shape index (κ3) is 6.21. The van der Waals surface area contributed by atoms with E-state index in [2.05, 4.69) is 5.32 Å². The van der Waals surface area contributed by atoms with Gasteiger partial charge in [0.25, 0.3) is 0 Å². The first-order valence-electron chi connectivity index (χ1n) is 10.3. The van der Waals surface area contributed by atoms with Gasteiger partial charge in [0.2, 0.25) is 10.0 Å². The minimum Gasteiger partial charge on any atom is -0.465 e. The number of hydrogen-bond donors (Lipinski definition) is 2. The Morgan fingerprint density at radius 3 is 2.17 bits per heavy atom. The van der Waals surface area contributed by atoms with Crippen LogP contribution >= 0.6 is 0 Å². The van der Waals surface area contributed by atoms with Crippen molar-refractivity contribution >= 4 is 16.1 Å². The summed E-state index contributed by atoms with van der Waals surface area (Å²) in [5.41, 5.74) is 0. The van der Waals surface area contributed by atoms with Crippen LogP contribution in [0.2, 0.25) is 0 Å². The van der Waals surface area contributed by atoms with Gasteiger partial charge >= 0.3 is 12.3 Å². The number of sulfonamides is 1. The average molecular weight is 442 g/mol. The highest BCUT2D eigenvalue weighted by Crippen LogP contribution is 2.39. The van der Waals surface area contributed by atoms with Gasteiger partial charge in [0.05, 0.1) is 5.75 Å². The first-order chi connectivity index (χ1) is 13.5. The molecule has 0 saturated carbocycles. The molecule has 3 aliphatic heterocycles. The molecule has 2 bridgehead atoms. The Morgan fingerprint density at radius 2 is 1.66 bits per heavy atom. The molecule has 3 saturated heterocycles. The molecule has 2 N–H and O–H groups in total. The van der Waals surface area contributed by atoms with Crippen LogP contribution in [-0.2, 0) is 10.0 Å². The number of carboxylic acid groups (broad SMARTS) is 1. The number of fused-ring (bicyclic) bond motifs is 2. The molecule has 0 aromatic heterocycles. The fraction of sp³-hybridized carbons (Fsp3) is 0.944. The van der Waals surface area contributed by atoms with Crippen LogP contribution < -0.4 is 5.32 Å². The summed E-state index contributed by atoms with van der Waals surface area (Å²) < 4.78 is 64.5. The molecule has 3 aliphatic rings. The smallest absolute Gasteiger partial charge is 0.404 e. The standard InChI is InChI=1S/C18H30F3N3O4S/c19-18(20,21)6-1-7-23-8-4-13(5-9-23)12-29(27,28)24-15-2-3-16(24)11-14(10-15)22-17(25)26/h13-16,22H,1-12H2,(H,25,26)/t14-,15-,16+. The molecular weight excluding hydrogens is 411 g/mol. The molecule has 11 heteroatoms. The number of alkyl halides is 3. The molecule has 3 atom stereocenters. The Hall–Kier alpha value is -1.07. The summed E-state index contributed by atoms with van der Waals surface area (Å²) in [4.78, 5) is 12.9. The van der Waals surface area contributed by atoms with Crippen LogP contribution in [0.1, 0.15) is 51.4 Å². The van der Waals surface area contributed by atoms with Gasteiger partial charge in [-0.05, 0) is 70.5 Å². The highest BCUT2D eigenvalue weighted by molar-refractivity contribution is 7.89. The van der Waals surface area contributed by atoms with Gasteiger partial charge in [-0.1, -0.05) is 0 Å². The highest BCUT2D eigenvalue weighted by atomic mass is 32.2. The second-order valence-electron chi connectivity index (χ2n) is 8.62. The van der Waals surface area contributed by atoms with E-state index in [4.69, 9.17) is 5.11 Å².